The van der Waals surface area contributed by atoms with Crippen LogP contribution in [0.25, 0.3) is 0 Å². The average molecular weight is 350 g/mol. The van der Waals surface area contributed by atoms with Crippen LogP contribution in [-0.4, -0.2) is 19.7 Å². The highest BCUT2D eigenvalue weighted by Crippen LogP contribution is 2.19. The predicted octanol–water partition coefficient (Wildman–Crippen LogP) is 3.62. The molecule has 4 heteroatoms. The molecular weight excluding hydrogens is 326 g/mol. The van der Waals surface area contributed by atoms with Crippen LogP contribution in [0, 0.1) is 0 Å². The van der Waals surface area contributed by atoms with Gasteiger partial charge in [-0.1, -0.05) is 59.8 Å². The van der Waals surface area contributed by atoms with Crippen molar-refractivity contribution in [1.29, 1.82) is 0 Å². The first-order chi connectivity index (χ1) is 12.1. The van der Waals surface area contributed by atoms with Crippen molar-refractivity contribution in [2.24, 2.45) is 0 Å². The number of nitrogens with zero attached hydrogens (tertiary/aromatic N) is 1. The molecule has 0 atom stereocenters. The lowest BCUT2D eigenvalue weighted by atomic mass is 10.3. The van der Waals surface area contributed by atoms with Gasteiger partial charge in [0.05, 0.1) is 27.0 Å². The zero-order valence-electron chi connectivity index (χ0n) is 14.7. The number of benzene rings is 2. The van der Waals surface area contributed by atoms with E-state index in [2.05, 4.69) is 43.1 Å². The number of hydrogen-bond acceptors (Lipinski definition) is 3. The van der Waals surface area contributed by atoms with E-state index in [0.717, 1.165) is 11.4 Å². The summed E-state index contributed by atoms with van der Waals surface area (Å²) in [6.45, 7) is 4.81. The number of pyridine rings is 1. The van der Waals surface area contributed by atoms with E-state index in [1.807, 2.05) is 54.6 Å². The largest absolute Gasteiger partial charge is 0.439 e. The maximum atomic E-state index is 6.17. The lowest BCUT2D eigenvalue weighted by molar-refractivity contribution is 0.0290. The van der Waals surface area contributed by atoms with E-state index in [1.54, 1.807) is 0 Å². The fourth-order valence-corrected chi connectivity index (χ4v) is 4.31. The number of para-hydroxylation sites is 1. The standard InChI is InChI=1S/C21H23NO2Si/c1-21(2,25-19-13-7-4-8-14-19)23-16-17-10-9-15-20(22-17)24-18-11-5-3-6-12-18/h3-15H,16,25H2,1-2H3. The summed E-state index contributed by atoms with van der Waals surface area (Å²) in [7, 11) is -0.537. The topological polar surface area (TPSA) is 31.4 Å². The van der Waals surface area contributed by atoms with Crippen LogP contribution in [0.5, 0.6) is 11.6 Å². The Morgan fingerprint density at radius 3 is 2.24 bits per heavy atom. The fourth-order valence-electron chi connectivity index (χ4n) is 2.61. The van der Waals surface area contributed by atoms with Crippen LogP contribution < -0.4 is 9.92 Å². The van der Waals surface area contributed by atoms with E-state index in [1.165, 1.54) is 5.19 Å². The van der Waals surface area contributed by atoms with Gasteiger partial charge in [-0.25, -0.2) is 4.98 Å². The first-order valence-electron chi connectivity index (χ1n) is 8.47. The Morgan fingerprint density at radius 2 is 1.52 bits per heavy atom. The molecule has 0 aliphatic rings. The van der Waals surface area contributed by atoms with E-state index in [0.29, 0.717) is 12.5 Å². The highest BCUT2D eigenvalue weighted by molar-refractivity contribution is 6.56. The van der Waals surface area contributed by atoms with E-state index >= 15 is 0 Å². The van der Waals surface area contributed by atoms with Gasteiger partial charge >= 0.3 is 0 Å². The minimum absolute atomic E-state index is 0.126. The van der Waals surface area contributed by atoms with Gasteiger partial charge in [-0.2, -0.15) is 0 Å². The minimum Gasteiger partial charge on any atom is -0.439 e. The van der Waals surface area contributed by atoms with Gasteiger partial charge in [0.25, 0.3) is 0 Å². The molecule has 1 heterocycles. The zero-order valence-corrected chi connectivity index (χ0v) is 16.1. The van der Waals surface area contributed by atoms with Gasteiger partial charge < -0.3 is 9.47 Å². The van der Waals surface area contributed by atoms with Crippen LogP contribution in [0.15, 0.2) is 78.9 Å². The van der Waals surface area contributed by atoms with Crippen molar-refractivity contribution in [3.05, 3.63) is 84.6 Å². The van der Waals surface area contributed by atoms with E-state index in [-0.39, 0.29) is 5.22 Å². The molecule has 1 aromatic heterocycles. The van der Waals surface area contributed by atoms with Crippen molar-refractivity contribution in [1.82, 2.24) is 4.98 Å². The van der Waals surface area contributed by atoms with Gasteiger partial charge in [-0.05, 0) is 32.0 Å². The van der Waals surface area contributed by atoms with Crippen LogP contribution in [0.2, 0.25) is 0 Å². The van der Waals surface area contributed by atoms with E-state index in [9.17, 15) is 0 Å². The Labute approximate surface area is 151 Å². The van der Waals surface area contributed by atoms with Gasteiger partial charge in [-0.3, -0.25) is 0 Å². The normalized spacial score (nSPS) is 11.8. The van der Waals surface area contributed by atoms with Gasteiger partial charge in [0.15, 0.2) is 0 Å². The number of hydrogen-bond donors (Lipinski definition) is 0. The first-order valence-corrected chi connectivity index (χ1v) is 9.89. The Morgan fingerprint density at radius 1 is 0.840 bits per heavy atom. The molecule has 0 fully saturated rings. The third-order valence-corrected chi connectivity index (χ3v) is 5.77. The molecule has 3 rings (SSSR count). The summed E-state index contributed by atoms with van der Waals surface area (Å²) in [6, 6.07) is 26.1. The van der Waals surface area contributed by atoms with Crippen molar-refractivity contribution in [2.45, 2.75) is 25.7 Å². The van der Waals surface area contributed by atoms with Crippen LogP contribution in [0.4, 0.5) is 0 Å². The quantitative estimate of drug-likeness (QED) is 0.611. The molecule has 0 N–H and O–H groups in total. The molecule has 0 unspecified atom stereocenters. The zero-order chi connectivity index (χ0) is 17.5. The van der Waals surface area contributed by atoms with Crippen LogP contribution in [-0.2, 0) is 11.3 Å². The third-order valence-electron chi connectivity index (χ3n) is 3.83. The van der Waals surface area contributed by atoms with Crippen molar-refractivity contribution in [2.75, 3.05) is 0 Å². The minimum atomic E-state index is -0.537. The van der Waals surface area contributed by atoms with Crippen LogP contribution >= 0.6 is 0 Å². The Hall–Kier alpha value is -2.43. The molecule has 25 heavy (non-hydrogen) atoms. The summed E-state index contributed by atoms with van der Waals surface area (Å²) in [4.78, 5) is 4.55. The molecule has 0 aliphatic carbocycles. The molecule has 3 aromatic rings. The summed E-state index contributed by atoms with van der Waals surface area (Å²) in [5, 5.41) is 1.28. The summed E-state index contributed by atoms with van der Waals surface area (Å²) in [6.07, 6.45) is 0. The van der Waals surface area contributed by atoms with Crippen molar-refractivity contribution in [3.63, 3.8) is 0 Å². The van der Waals surface area contributed by atoms with Crippen LogP contribution in [0.3, 0.4) is 0 Å². The monoisotopic (exact) mass is 349 g/mol. The lowest BCUT2D eigenvalue weighted by Gasteiger charge is -2.25. The van der Waals surface area contributed by atoms with Crippen molar-refractivity contribution >= 4 is 14.7 Å². The third kappa shape index (κ3) is 5.55. The highest BCUT2D eigenvalue weighted by atomic mass is 28.2. The van der Waals surface area contributed by atoms with Gasteiger partial charge in [0, 0.05) is 6.07 Å². The predicted molar refractivity (Wildman–Crippen MR) is 104 cm³/mol. The number of aromatic nitrogens is 1. The van der Waals surface area contributed by atoms with Gasteiger partial charge in [0.2, 0.25) is 5.88 Å². The number of ether oxygens (including phenoxy) is 2. The highest BCUT2D eigenvalue weighted by Gasteiger charge is 2.20. The average Bonchev–Trinajstić information content (AvgIpc) is 2.62. The lowest BCUT2D eigenvalue weighted by Crippen LogP contribution is -2.39. The summed E-state index contributed by atoms with van der Waals surface area (Å²) in [5.74, 6) is 1.37. The first kappa shape index (κ1) is 17.4. The van der Waals surface area contributed by atoms with Gasteiger partial charge in [0.1, 0.15) is 5.75 Å². The Bertz CT molecular complexity index is 791. The summed E-state index contributed by atoms with van der Waals surface area (Å²) < 4.78 is 12.0. The molecule has 0 spiro atoms. The molecular formula is C21H23NO2Si. The molecule has 0 amide bonds. The van der Waals surface area contributed by atoms with E-state index in [4.69, 9.17) is 9.47 Å². The van der Waals surface area contributed by atoms with Crippen LogP contribution in [0.1, 0.15) is 19.5 Å². The maximum absolute atomic E-state index is 6.17. The molecule has 0 aliphatic heterocycles. The Kier molecular flexibility index (Phi) is 5.63. The summed E-state index contributed by atoms with van der Waals surface area (Å²) >= 11 is 0. The Balaban J connectivity index is 1.60. The second-order valence-electron chi connectivity index (χ2n) is 6.59. The van der Waals surface area contributed by atoms with Crippen molar-refractivity contribution < 1.29 is 9.47 Å². The van der Waals surface area contributed by atoms with Gasteiger partial charge in [-0.15, -0.1) is 0 Å². The number of rotatable bonds is 7. The smallest absolute Gasteiger partial charge is 0.219 e. The SMILES string of the molecule is CC(C)(OCc1cccc(Oc2ccccc2)n1)[SiH2]c1ccccc1. The molecule has 0 saturated carbocycles. The summed E-state index contributed by atoms with van der Waals surface area (Å²) in [5.41, 5.74) is 0.878. The maximum Gasteiger partial charge on any atom is 0.219 e. The molecule has 2 aromatic carbocycles. The van der Waals surface area contributed by atoms with E-state index < -0.39 is 9.52 Å². The fraction of sp³-hybridized carbons (Fsp3) is 0.190. The molecule has 0 radical (unpaired) electrons. The molecule has 0 bridgehead atoms. The molecule has 3 nitrogen and oxygen atoms in total. The second kappa shape index (κ2) is 8.10. The molecule has 128 valence electrons. The second-order valence-corrected chi connectivity index (χ2v) is 9.47. The molecule has 0 saturated heterocycles. The van der Waals surface area contributed by atoms with Crippen molar-refractivity contribution in [3.8, 4) is 11.6 Å².